The molecule has 1 saturated carbocycles. The predicted molar refractivity (Wildman–Crippen MR) is 74.5 cm³/mol. The fraction of sp³-hybridized carbons (Fsp3) is 0.385. The van der Waals surface area contributed by atoms with Crippen molar-refractivity contribution < 1.29 is 4.74 Å². The fourth-order valence-electron chi connectivity index (χ4n) is 1.48. The number of hydrogen-bond donors (Lipinski definition) is 1. The fourth-order valence-corrected chi connectivity index (χ4v) is 1.92. The van der Waals surface area contributed by atoms with Gasteiger partial charge in [-0.15, -0.1) is 0 Å². The molecule has 0 heterocycles. The molecule has 0 saturated heterocycles. The van der Waals surface area contributed by atoms with Gasteiger partial charge in [-0.2, -0.15) is 0 Å². The van der Waals surface area contributed by atoms with Crippen LogP contribution in [0.1, 0.15) is 18.4 Å². The molecule has 0 unspecified atom stereocenters. The Morgan fingerprint density at radius 2 is 2.29 bits per heavy atom. The Hall–Kier alpha value is -0.510. The summed E-state index contributed by atoms with van der Waals surface area (Å²) in [5.74, 6) is 0.822. The molecule has 0 atom stereocenters. The van der Waals surface area contributed by atoms with Crippen LogP contribution in [-0.2, 0) is 6.54 Å². The molecule has 0 aliphatic heterocycles. The lowest BCUT2D eigenvalue weighted by atomic mass is 10.2. The van der Waals surface area contributed by atoms with E-state index in [1.807, 2.05) is 18.2 Å². The lowest BCUT2D eigenvalue weighted by Gasteiger charge is -2.10. The third-order valence-electron chi connectivity index (χ3n) is 2.57. The number of ether oxygens (including phenoxy) is 1. The molecule has 0 bridgehead atoms. The minimum atomic E-state index is 0.346. The molecule has 1 N–H and O–H groups in total. The van der Waals surface area contributed by atoms with Gasteiger partial charge in [0.25, 0.3) is 0 Å². The number of hydrogen-bond acceptors (Lipinski definition) is 2. The van der Waals surface area contributed by atoms with E-state index in [1.54, 1.807) is 0 Å². The summed E-state index contributed by atoms with van der Waals surface area (Å²) in [6.45, 7) is 4.81. The summed E-state index contributed by atoms with van der Waals surface area (Å²) < 4.78 is 6.61. The van der Waals surface area contributed by atoms with Gasteiger partial charge in [0.15, 0.2) is 0 Å². The van der Waals surface area contributed by atoms with Crippen LogP contribution in [-0.4, -0.2) is 12.6 Å². The molecule has 0 amide bonds. The summed E-state index contributed by atoms with van der Waals surface area (Å²) >= 11 is 9.21. The molecule has 1 fully saturated rings. The van der Waals surface area contributed by atoms with Crippen molar-refractivity contribution in [1.82, 2.24) is 5.32 Å². The molecule has 0 aromatic heterocycles. The first-order valence-electron chi connectivity index (χ1n) is 5.63. The van der Waals surface area contributed by atoms with E-state index in [0.29, 0.717) is 17.7 Å². The van der Waals surface area contributed by atoms with Gasteiger partial charge in [0.05, 0.1) is 0 Å². The molecule has 17 heavy (non-hydrogen) atoms. The average molecular weight is 317 g/mol. The second-order valence-corrected chi connectivity index (χ2v) is 5.60. The molecule has 4 heteroatoms. The zero-order chi connectivity index (χ0) is 12.3. The van der Waals surface area contributed by atoms with Gasteiger partial charge in [-0.1, -0.05) is 34.1 Å². The lowest BCUT2D eigenvalue weighted by Crippen LogP contribution is -2.15. The quantitative estimate of drug-likeness (QED) is 0.861. The van der Waals surface area contributed by atoms with E-state index in [2.05, 4.69) is 27.8 Å². The van der Waals surface area contributed by atoms with Crippen molar-refractivity contribution in [2.45, 2.75) is 25.4 Å². The van der Waals surface area contributed by atoms with Crippen molar-refractivity contribution >= 4 is 27.5 Å². The van der Waals surface area contributed by atoms with Gasteiger partial charge < -0.3 is 10.1 Å². The van der Waals surface area contributed by atoms with Crippen molar-refractivity contribution in [2.24, 2.45) is 0 Å². The van der Waals surface area contributed by atoms with E-state index < -0.39 is 0 Å². The van der Waals surface area contributed by atoms with Gasteiger partial charge in [-0.05, 0) is 36.6 Å². The third-order valence-corrected chi connectivity index (χ3v) is 3.45. The topological polar surface area (TPSA) is 21.3 Å². The summed E-state index contributed by atoms with van der Waals surface area (Å²) in [7, 11) is 0. The van der Waals surface area contributed by atoms with Crippen LogP contribution in [0.2, 0.25) is 0 Å². The molecule has 92 valence electrons. The van der Waals surface area contributed by atoms with Crippen molar-refractivity contribution in [1.29, 1.82) is 0 Å². The Morgan fingerprint density at radius 1 is 1.53 bits per heavy atom. The van der Waals surface area contributed by atoms with Crippen LogP contribution in [0.5, 0.6) is 5.75 Å². The maximum atomic E-state index is 5.67. The molecular formula is C13H15BrClNO. The molecule has 0 spiro atoms. The summed E-state index contributed by atoms with van der Waals surface area (Å²) in [6, 6.07) is 6.65. The highest BCUT2D eigenvalue weighted by atomic mass is 79.9. The first-order valence-corrected chi connectivity index (χ1v) is 6.80. The van der Waals surface area contributed by atoms with Gasteiger partial charge in [-0.25, -0.2) is 0 Å². The Bertz CT molecular complexity index is 418. The summed E-state index contributed by atoms with van der Waals surface area (Å²) in [4.78, 5) is 0. The number of nitrogens with one attached hydrogen (secondary N) is 1. The van der Waals surface area contributed by atoms with Crippen molar-refractivity contribution in [2.75, 3.05) is 6.61 Å². The highest BCUT2D eigenvalue weighted by molar-refractivity contribution is 9.10. The maximum Gasteiger partial charge on any atom is 0.123 e. The minimum absolute atomic E-state index is 0.346. The molecule has 2 nitrogen and oxygen atoms in total. The van der Waals surface area contributed by atoms with E-state index >= 15 is 0 Å². The second kappa shape index (κ2) is 5.89. The van der Waals surface area contributed by atoms with E-state index in [1.165, 1.54) is 18.4 Å². The molecule has 2 rings (SSSR count). The maximum absolute atomic E-state index is 5.67. The van der Waals surface area contributed by atoms with E-state index in [0.717, 1.165) is 16.8 Å². The lowest BCUT2D eigenvalue weighted by molar-refractivity contribution is 0.359. The zero-order valence-electron chi connectivity index (χ0n) is 9.51. The van der Waals surface area contributed by atoms with Crippen LogP contribution >= 0.6 is 27.5 Å². The molecule has 1 aliphatic carbocycles. The van der Waals surface area contributed by atoms with Crippen LogP contribution in [0.15, 0.2) is 34.3 Å². The van der Waals surface area contributed by atoms with Gasteiger partial charge in [0.2, 0.25) is 0 Å². The smallest absolute Gasteiger partial charge is 0.123 e. The van der Waals surface area contributed by atoms with Crippen molar-refractivity contribution in [3.05, 3.63) is 39.8 Å². The summed E-state index contributed by atoms with van der Waals surface area (Å²) in [5, 5.41) is 3.98. The standard InChI is InChI=1S/C13H15BrClNO/c1-9(15)8-17-12-4-5-13(14)10(6-12)7-16-11-2-3-11/h4-6,11,16H,1-3,7-8H2. The van der Waals surface area contributed by atoms with E-state index in [4.69, 9.17) is 16.3 Å². The predicted octanol–water partition coefficient (Wildman–Crippen LogP) is 3.83. The number of rotatable bonds is 6. The largest absolute Gasteiger partial charge is 0.488 e. The minimum Gasteiger partial charge on any atom is -0.488 e. The van der Waals surface area contributed by atoms with Crippen LogP contribution < -0.4 is 10.1 Å². The van der Waals surface area contributed by atoms with Gasteiger partial charge in [0, 0.05) is 22.1 Å². The van der Waals surface area contributed by atoms with E-state index in [-0.39, 0.29) is 0 Å². The van der Waals surface area contributed by atoms with E-state index in [9.17, 15) is 0 Å². The monoisotopic (exact) mass is 315 g/mol. The highest BCUT2D eigenvalue weighted by Crippen LogP contribution is 2.25. The normalized spacial score (nSPS) is 14.7. The third kappa shape index (κ3) is 4.34. The number of halogens is 2. The Morgan fingerprint density at radius 3 is 2.94 bits per heavy atom. The number of benzene rings is 1. The second-order valence-electron chi connectivity index (χ2n) is 4.21. The van der Waals surface area contributed by atoms with Crippen molar-refractivity contribution in [3.63, 3.8) is 0 Å². The summed E-state index contributed by atoms with van der Waals surface area (Å²) in [5.41, 5.74) is 1.20. The molecular weight excluding hydrogens is 302 g/mol. The first-order chi connectivity index (χ1) is 8.15. The zero-order valence-corrected chi connectivity index (χ0v) is 11.9. The van der Waals surface area contributed by atoms with Gasteiger partial charge in [-0.3, -0.25) is 0 Å². The molecule has 1 aromatic rings. The molecule has 1 aromatic carbocycles. The van der Waals surface area contributed by atoms with Crippen molar-refractivity contribution in [3.8, 4) is 5.75 Å². The molecule has 0 radical (unpaired) electrons. The van der Waals surface area contributed by atoms with Gasteiger partial charge in [0.1, 0.15) is 12.4 Å². The van der Waals surface area contributed by atoms with Crippen LogP contribution in [0.3, 0.4) is 0 Å². The van der Waals surface area contributed by atoms with Crippen LogP contribution in [0.4, 0.5) is 0 Å². The van der Waals surface area contributed by atoms with Crippen LogP contribution in [0, 0.1) is 0 Å². The Balaban J connectivity index is 1.97. The first kappa shape index (κ1) is 12.9. The SMILES string of the molecule is C=C(Cl)COc1ccc(Br)c(CNC2CC2)c1. The summed E-state index contributed by atoms with van der Waals surface area (Å²) in [6.07, 6.45) is 2.58. The Labute approximate surface area is 115 Å². The average Bonchev–Trinajstić information content (AvgIpc) is 3.10. The molecule has 1 aliphatic rings. The van der Waals surface area contributed by atoms with Gasteiger partial charge >= 0.3 is 0 Å². The highest BCUT2D eigenvalue weighted by Gasteiger charge is 2.20. The van der Waals surface area contributed by atoms with Crippen LogP contribution in [0.25, 0.3) is 0 Å². The Kier molecular flexibility index (Phi) is 4.48.